The highest BCUT2D eigenvalue weighted by Gasteiger charge is 2.48. The molecule has 1 aliphatic rings. The topological polar surface area (TPSA) is 111 Å². The van der Waals surface area contributed by atoms with Crippen LogP contribution in [0.15, 0.2) is 72.3 Å². The molecule has 10 heteroatoms. The van der Waals surface area contributed by atoms with Crippen LogP contribution in [0.25, 0.3) is 5.76 Å². The minimum atomic E-state index is -0.968. The lowest BCUT2D eigenvalue weighted by Gasteiger charge is -2.23. The van der Waals surface area contributed by atoms with Gasteiger partial charge in [-0.25, -0.2) is 0 Å². The van der Waals surface area contributed by atoms with Crippen molar-refractivity contribution in [2.24, 2.45) is 0 Å². The van der Waals surface area contributed by atoms with E-state index in [2.05, 4.69) is 10.2 Å². The van der Waals surface area contributed by atoms with Crippen LogP contribution >= 0.6 is 11.3 Å². The number of Topliss-reactive ketones (excluding diaryl/α,β-unsaturated/α-hetero) is 1. The van der Waals surface area contributed by atoms with Gasteiger partial charge in [0.15, 0.2) is 11.5 Å². The first-order valence-corrected chi connectivity index (χ1v) is 13.2. The second-order valence-corrected chi connectivity index (χ2v) is 10.3. The average Bonchev–Trinajstić information content (AvgIpc) is 3.51. The molecule has 0 aliphatic carbocycles. The Kier molecular flexibility index (Phi) is 7.52. The third-order valence-electron chi connectivity index (χ3n) is 6.67. The maximum absolute atomic E-state index is 13.4. The molecular formula is C30H27N3O6S. The first kappa shape index (κ1) is 26.9. The Morgan fingerprint density at radius 1 is 0.950 bits per heavy atom. The molecule has 0 saturated carbocycles. The number of hydrogen-bond acceptors (Lipinski definition) is 9. The van der Waals surface area contributed by atoms with Crippen LogP contribution in [0.4, 0.5) is 5.13 Å². The predicted octanol–water partition coefficient (Wildman–Crippen LogP) is 5.38. The SMILES string of the molecule is COc1ccc([C@H]2C(=C(O)c3ccc(OCc4ccccc4C)cc3)C(=O)C(=O)N2c2nnc(C)s2)cc1OC. The largest absolute Gasteiger partial charge is 0.507 e. The summed E-state index contributed by atoms with van der Waals surface area (Å²) < 4.78 is 16.7. The number of aryl methyl sites for hydroxylation is 2. The summed E-state index contributed by atoms with van der Waals surface area (Å²) >= 11 is 1.18. The number of methoxy groups -OCH3 is 2. The second-order valence-electron chi connectivity index (χ2n) is 9.13. The molecule has 204 valence electrons. The maximum Gasteiger partial charge on any atom is 0.301 e. The Bertz CT molecular complexity index is 1610. The van der Waals surface area contributed by atoms with Crippen LogP contribution < -0.4 is 19.1 Å². The van der Waals surface area contributed by atoms with Gasteiger partial charge in [0.2, 0.25) is 5.13 Å². The van der Waals surface area contributed by atoms with Gasteiger partial charge in [-0.15, -0.1) is 10.2 Å². The summed E-state index contributed by atoms with van der Waals surface area (Å²) in [4.78, 5) is 28.0. The van der Waals surface area contributed by atoms with E-state index in [-0.39, 0.29) is 16.5 Å². The third-order valence-corrected chi connectivity index (χ3v) is 7.51. The molecule has 2 heterocycles. The Morgan fingerprint density at radius 2 is 1.68 bits per heavy atom. The minimum absolute atomic E-state index is 0.0707. The van der Waals surface area contributed by atoms with Crippen molar-refractivity contribution >= 4 is 33.9 Å². The Hall–Kier alpha value is -4.70. The van der Waals surface area contributed by atoms with E-state index in [0.717, 1.165) is 11.1 Å². The van der Waals surface area contributed by atoms with Crippen molar-refractivity contribution in [2.45, 2.75) is 26.5 Å². The van der Waals surface area contributed by atoms with Crippen LogP contribution in [0.5, 0.6) is 17.2 Å². The molecule has 1 aromatic heterocycles. The first-order valence-electron chi connectivity index (χ1n) is 12.4. The first-order chi connectivity index (χ1) is 19.3. The molecule has 4 aromatic rings. The zero-order valence-corrected chi connectivity index (χ0v) is 23.2. The number of amides is 1. The van der Waals surface area contributed by atoms with Gasteiger partial charge in [-0.2, -0.15) is 0 Å². The quantitative estimate of drug-likeness (QED) is 0.175. The van der Waals surface area contributed by atoms with E-state index in [1.54, 1.807) is 49.4 Å². The fourth-order valence-corrected chi connectivity index (χ4v) is 5.26. The van der Waals surface area contributed by atoms with Crippen molar-refractivity contribution in [3.63, 3.8) is 0 Å². The number of aliphatic hydroxyl groups is 1. The molecule has 0 spiro atoms. The highest BCUT2D eigenvalue weighted by atomic mass is 32.1. The summed E-state index contributed by atoms with van der Waals surface area (Å²) in [6, 6.07) is 18.8. The maximum atomic E-state index is 13.4. The number of benzene rings is 3. The Balaban J connectivity index is 1.54. The summed E-state index contributed by atoms with van der Waals surface area (Å²) in [6.45, 7) is 4.17. The number of rotatable bonds is 8. The molecule has 1 aliphatic heterocycles. The molecular weight excluding hydrogens is 530 g/mol. The van der Waals surface area contributed by atoms with E-state index in [1.165, 1.54) is 30.5 Å². The van der Waals surface area contributed by atoms with Crippen LogP contribution in [-0.2, 0) is 16.2 Å². The molecule has 3 aromatic carbocycles. The number of ether oxygens (including phenoxy) is 3. The van der Waals surface area contributed by atoms with E-state index in [4.69, 9.17) is 14.2 Å². The molecule has 0 unspecified atom stereocenters. The number of anilines is 1. The Labute approximate surface area is 235 Å². The highest BCUT2D eigenvalue weighted by Crippen LogP contribution is 2.44. The molecule has 0 bridgehead atoms. The molecule has 9 nitrogen and oxygen atoms in total. The Morgan fingerprint density at radius 3 is 2.33 bits per heavy atom. The molecule has 1 saturated heterocycles. The summed E-state index contributed by atoms with van der Waals surface area (Å²) in [5, 5.41) is 20.4. The lowest BCUT2D eigenvalue weighted by molar-refractivity contribution is -0.132. The van der Waals surface area contributed by atoms with E-state index in [9.17, 15) is 14.7 Å². The van der Waals surface area contributed by atoms with Crippen LogP contribution in [0, 0.1) is 13.8 Å². The van der Waals surface area contributed by atoms with E-state index < -0.39 is 17.7 Å². The number of carbonyl (C=O) groups excluding carboxylic acids is 2. The number of nitrogens with zero attached hydrogens (tertiary/aromatic N) is 3. The van der Waals surface area contributed by atoms with Crippen LogP contribution in [0.1, 0.15) is 33.3 Å². The van der Waals surface area contributed by atoms with Gasteiger partial charge in [0.25, 0.3) is 5.78 Å². The number of hydrogen-bond donors (Lipinski definition) is 1. The molecule has 1 N–H and O–H groups in total. The van der Waals surface area contributed by atoms with Gasteiger partial charge in [-0.3, -0.25) is 14.5 Å². The van der Waals surface area contributed by atoms with E-state index >= 15 is 0 Å². The zero-order chi connectivity index (χ0) is 28.4. The minimum Gasteiger partial charge on any atom is -0.507 e. The number of aromatic nitrogens is 2. The fourth-order valence-electron chi connectivity index (χ4n) is 4.55. The normalized spacial score (nSPS) is 16.3. The standard InChI is InChI=1S/C30H27N3O6S/c1-17-7-5-6-8-21(17)16-39-22-12-9-19(10-13-22)27(34)25-26(20-11-14-23(37-3)24(15-20)38-4)33(29(36)28(25)35)30-32-31-18(2)40-30/h5-15,26,34H,16H2,1-4H3/t26-/m0/s1. The smallest absolute Gasteiger partial charge is 0.301 e. The van der Waals surface area contributed by atoms with Crippen molar-refractivity contribution in [2.75, 3.05) is 19.1 Å². The summed E-state index contributed by atoms with van der Waals surface area (Å²) in [6.07, 6.45) is 0. The summed E-state index contributed by atoms with van der Waals surface area (Å²) in [5.41, 5.74) is 3.02. The van der Waals surface area contributed by atoms with Crippen molar-refractivity contribution in [1.29, 1.82) is 0 Å². The molecule has 40 heavy (non-hydrogen) atoms. The number of aliphatic hydroxyl groups excluding tert-OH is 1. The molecule has 1 atom stereocenters. The van der Waals surface area contributed by atoms with Gasteiger partial charge in [-0.05, 0) is 66.9 Å². The summed E-state index contributed by atoms with van der Waals surface area (Å²) in [7, 11) is 3.01. The van der Waals surface area contributed by atoms with Gasteiger partial charge in [0.1, 0.15) is 23.1 Å². The average molecular weight is 558 g/mol. The van der Waals surface area contributed by atoms with E-state index in [1.807, 2.05) is 31.2 Å². The monoisotopic (exact) mass is 557 g/mol. The van der Waals surface area contributed by atoms with Crippen LogP contribution in [0.2, 0.25) is 0 Å². The number of ketones is 1. The molecule has 1 amide bonds. The molecule has 1 fully saturated rings. The van der Waals surface area contributed by atoms with Crippen LogP contribution in [0.3, 0.4) is 0 Å². The lowest BCUT2D eigenvalue weighted by atomic mass is 9.95. The van der Waals surface area contributed by atoms with Crippen molar-refractivity contribution in [3.8, 4) is 17.2 Å². The van der Waals surface area contributed by atoms with Gasteiger partial charge in [0, 0.05) is 5.56 Å². The van der Waals surface area contributed by atoms with Gasteiger partial charge in [-0.1, -0.05) is 41.7 Å². The predicted molar refractivity (Wildman–Crippen MR) is 151 cm³/mol. The van der Waals surface area contributed by atoms with E-state index in [0.29, 0.717) is 40.0 Å². The lowest BCUT2D eigenvalue weighted by Crippen LogP contribution is -2.29. The van der Waals surface area contributed by atoms with Gasteiger partial charge < -0.3 is 19.3 Å². The molecule has 5 rings (SSSR count). The highest BCUT2D eigenvalue weighted by molar-refractivity contribution is 7.15. The van der Waals surface area contributed by atoms with Gasteiger partial charge in [0.05, 0.1) is 25.8 Å². The van der Waals surface area contributed by atoms with Crippen molar-refractivity contribution < 1.29 is 28.9 Å². The van der Waals surface area contributed by atoms with Crippen LogP contribution in [-0.4, -0.2) is 41.2 Å². The second kappa shape index (κ2) is 11.2. The van der Waals surface area contributed by atoms with Crippen molar-refractivity contribution in [3.05, 3.63) is 99.6 Å². The third kappa shape index (κ3) is 5.01. The number of carbonyl (C=O) groups is 2. The molecule has 0 radical (unpaired) electrons. The zero-order valence-electron chi connectivity index (χ0n) is 22.4. The van der Waals surface area contributed by atoms with Crippen molar-refractivity contribution in [1.82, 2.24) is 10.2 Å². The van der Waals surface area contributed by atoms with Gasteiger partial charge >= 0.3 is 5.91 Å². The summed E-state index contributed by atoms with van der Waals surface area (Å²) in [5.74, 6) is -0.459. The fraction of sp³-hybridized carbons (Fsp3) is 0.200.